The smallest absolute Gasteiger partial charge is 0.0445 e. The maximum absolute atomic E-state index is 8.96. The first-order chi connectivity index (χ1) is 7.03. The van der Waals surface area contributed by atoms with Crippen LogP contribution >= 0.6 is 0 Å². The Hall–Kier alpha value is -0.120. The van der Waals surface area contributed by atoms with Crippen molar-refractivity contribution >= 4 is 0 Å². The highest BCUT2D eigenvalue weighted by Crippen LogP contribution is 2.18. The predicted octanol–water partition coefficient (Wildman–Crippen LogP) is 1.22. The minimum atomic E-state index is 0.214. The lowest BCUT2D eigenvalue weighted by molar-refractivity contribution is 0.192. The highest BCUT2D eigenvalue weighted by Gasteiger charge is 2.23. The van der Waals surface area contributed by atoms with E-state index in [1.54, 1.807) is 0 Å². The maximum atomic E-state index is 8.96. The van der Waals surface area contributed by atoms with Gasteiger partial charge in [-0.05, 0) is 46.6 Å². The molecule has 1 unspecified atom stereocenters. The fourth-order valence-electron chi connectivity index (χ4n) is 2.24. The first-order valence-electron chi connectivity index (χ1n) is 6.13. The van der Waals surface area contributed by atoms with Crippen molar-refractivity contribution in [1.82, 2.24) is 10.2 Å². The van der Waals surface area contributed by atoms with Gasteiger partial charge < -0.3 is 10.4 Å². The molecule has 0 saturated carbocycles. The van der Waals surface area contributed by atoms with E-state index in [9.17, 15) is 0 Å². The maximum Gasteiger partial charge on any atom is 0.0445 e. The Bertz CT molecular complexity index is 177. The van der Waals surface area contributed by atoms with Crippen LogP contribution in [-0.2, 0) is 0 Å². The average molecular weight is 214 g/mol. The van der Waals surface area contributed by atoms with E-state index in [-0.39, 0.29) is 5.54 Å². The van der Waals surface area contributed by atoms with E-state index in [0.717, 1.165) is 19.5 Å². The molecule has 0 aromatic rings. The number of likely N-dealkylation sites (tertiary alicyclic amines) is 1. The van der Waals surface area contributed by atoms with Gasteiger partial charge in [0.25, 0.3) is 0 Å². The third kappa shape index (κ3) is 4.96. The van der Waals surface area contributed by atoms with Crippen molar-refractivity contribution in [3.05, 3.63) is 0 Å². The summed E-state index contributed by atoms with van der Waals surface area (Å²) in [4.78, 5) is 2.51. The molecule has 1 atom stereocenters. The molecular weight excluding hydrogens is 188 g/mol. The zero-order valence-corrected chi connectivity index (χ0v) is 10.4. The fourth-order valence-corrected chi connectivity index (χ4v) is 2.24. The summed E-state index contributed by atoms with van der Waals surface area (Å²) in [5.74, 6) is 0. The number of nitrogens with zero attached hydrogens (tertiary/aromatic N) is 1. The lowest BCUT2D eigenvalue weighted by atomic mass is 10.1. The van der Waals surface area contributed by atoms with E-state index in [4.69, 9.17) is 5.11 Å². The van der Waals surface area contributed by atoms with Crippen LogP contribution in [0, 0.1) is 0 Å². The molecule has 0 radical (unpaired) electrons. The Morgan fingerprint density at radius 2 is 2.13 bits per heavy atom. The number of rotatable bonds is 5. The number of aliphatic hydroxyl groups is 1. The molecule has 1 rings (SSSR count). The predicted molar refractivity (Wildman–Crippen MR) is 64.1 cm³/mol. The lowest BCUT2D eigenvalue weighted by Gasteiger charge is -2.27. The molecule has 1 saturated heterocycles. The summed E-state index contributed by atoms with van der Waals surface area (Å²) in [5, 5.41) is 12.5. The summed E-state index contributed by atoms with van der Waals surface area (Å²) in [6, 6.07) is 0.622. The fraction of sp³-hybridized carbons (Fsp3) is 1.00. The molecule has 1 aliphatic heterocycles. The van der Waals surface area contributed by atoms with Crippen molar-refractivity contribution in [3.63, 3.8) is 0 Å². The lowest BCUT2D eigenvalue weighted by Crippen LogP contribution is -2.42. The highest BCUT2D eigenvalue weighted by molar-refractivity contribution is 4.80. The van der Waals surface area contributed by atoms with Crippen LogP contribution < -0.4 is 5.32 Å². The monoisotopic (exact) mass is 214 g/mol. The molecule has 90 valence electrons. The summed E-state index contributed by atoms with van der Waals surface area (Å²) in [5.41, 5.74) is 0.214. The van der Waals surface area contributed by atoms with Gasteiger partial charge >= 0.3 is 0 Å². The quantitative estimate of drug-likeness (QED) is 0.722. The zero-order valence-electron chi connectivity index (χ0n) is 10.4. The van der Waals surface area contributed by atoms with E-state index >= 15 is 0 Å². The van der Waals surface area contributed by atoms with Crippen LogP contribution in [0.25, 0.3) is 0 Å². The van der Waals surface area contributed by atoms with E-state index in [2.05, 4.69) is 31.0 Å². The van der Waals surface area contributed by atoms with E-state index in [1.807, 2.05) is 0 Å². The van der Waals surface area contributed by atoms with Crippen molar-refractivity contribution < 1.29 is 5.11 Å². The topological polar surface area (TPSA) is 35.5 Å². The molecule has 0 aliphatic carbocycles. The molecular formula is C12H26N2O. The zero-order chi connectivity index (χ0) is 11.3. The van der Waals surface area contributed by atoms with Crippen LogP contribution in [-0.4, -0.2) is 47.8 Å². The number of hydrogen-bond donors (Lipinski definition) is 2. The second-order valence-electron chi connectivity index (χ2n) is 5.52. The van der Waals surface area contributed by atoms with Crippen molar-refractivity contribution in [1.29, 1.82) is 0 Å². The molecule has 3 nitrogen and oxygen atoms in total. The van der Waals surface area contributed by atoms with Crippen LogP contribution in [0.2, 0.25) is 0 Å². The van der Waals surface area contributed by atoms with Crippen LogP contribution in [0.4, 0.5) is 0 Å². The summed E-state index contributed by atoms with van der Waals surface area (Å²) in [6.07, 6.45) is 3.49. The van der Waals surface area contributed by atoms with Crippen LogP contribution in [0.15, 0.2) is 0 Å². The Kier molecular flexibility index (Phi) is 5.03. The van der Waals surface area contributed by atoms with Gasteiger partial charge in [-0.15, -0.1) is 0 Å². The van der Waals surface area contributed by atoms with Gasteiger partial charge in [-0.25, -0.2) is 0 Å². The van der Waals surface area contributed by atoms with Gasteiger partial charge in [0.2, 0.25) is 0 Å². The molecule has 0 spiro atoms. The molecule has 2 N–H and O–H groups in total. The Morgan fingerprint density at radius 1 is 1.40 bits per heavy atom. The third-order valence-corrected chi connectivity index (χ3v) is 3.02. The molecule has 0 aromatic heterocycles. The summed E-state index contributed by atoms with van der Waals surface area (Å²) in [7, 11) is 0. The molecule has 0 bridgehead atoms. The van der Waals surface area contributed by atoms with Gasteiger partial charge in [0.15, 0.2) is 0 Å². The van der Waals surface area contributed by atoms with Crippen LogP contribution in [0.3, 0.4) is 0 Å². The second-order valence-corrected chi connectivity index (χ2v) is 5.52. The standard InChI is InChI=1S/C12H26N2O/c1-12(2,3)13-7-9-14-8-4-5-11(14)6-10-15/h11,13,15H,4-10H2,1-3H3. The molecule has 0 amide bonds. The Morgan fingerprint density at radius 3 is 2.73 bits per heavy atom. The molecule has 15 heavy (non-hydrogen) atoms. The van der Waals surface area contributed by atoms with Gasteiger partial charge in [0, 0.05) is 31.3 Å². The Labute approximate surface area is 93.9 Å². The SMILES string of the molecule is CC(C)(C)NCCN1CCCC1CCO. The van der Waals surface area contributed by atoms with Crippen molar-refractivity contribution in [2.24, 2.45) is 0 Å². The number of aliphatic hydroxyl groups excluding tert-OH is 1. The third-order valence-electron chi connectivity index (χ3n) is 3.02. The largest absolute Gasteiger partial charge is 0.396 e. The minimum Gasteiger partial charge on any atom is -0.396 e. The van der Waals surface area contributed by atoms with Crippen molar-refractivity contribution in [3.8, 4) is 0 Å². The van der Waals surface area contributed by atoms with E-state index in [0.29, 0.717) is 12.6 Å². The summed E-state index contributed by atoms with van der Waals surface area (Å²) >= 11 is 0. The van der Waals surface area contributed by atoms with Crippen molar-refractivity contribution in [2.45, 2.75) is 51.6 Å². The average Bonchev–Trinajstić information content (AvgIpc) is 2.51. The second kappa shape index (κ2) is 5.83. The van der Waals surface area contributed by atoms with Gasteiger partial charge in [-0.3, -0.25) is 4.90 Å². The van der Waals surface area contributed by atoms with Gasteiger partial charge in [0.05, 0.1) is 0 Å². The van der Waals surface area contributed by atoms with Crippen LogP contribution in [0.1, 0.15) is 40.0 Å². The first kappa shape index (κ1) is 12.9. The minimum absolute atomic E-state index is 0.214. The van der Waals surface area contributed by atoms with Crippen LogP contribution in [0.5, 0.6) is 0 Å². The molecule has 1 heterocycles. The summed E-state index contributed by atoms with van der Waals surface area (Å²) < 4.78 is 0. The molecule has 0 aromatic carbocycles. The number of hydrogen-bond acceptors (Lipinski definition) is 3. The molecule has 1 aliphatic rings. The molecule has 3 heteroatoms. The highest BCUT2D eigenvalue weighted by atomic mass is 16.3. The number of nitrogens with one attached hydrogen (secondary N) is 1. The Balaban J connectivity index is 2.20. The van der Waals surface area contributed by atoms with E-state index < -0.39 is 0 Å². The molecule has 1 fully saturated rings. The van der Waals surface area contributed by atoms with Crippen molar-refractivity contribution in [2.75, 3.05) is 26.2 Å². The van der Waals surface area contributed by atoms with Gasteiger partial charge in [-0.2, -0.15) is 0 Å². The first-order valence-corrected chi connectivity index (χ1v) is 6.13. The summed E-state index contributed by atoms with van der Waals surface area (Å²) in [6.45, 7) is 10.3. The normalized spacial score (nSPS) is 23.6. The van der Waals surface area contributed by atoms with Gasteiger partial charge in [-0.1, -0.05) is 0 Å². The van der Waals surface area contributed by atoms with E-state index in [1.165, 1.54) is 19.4 Å². The van der Waals surface area contributed by atoms with Gasteiger partial charge in [0.1, 0.15) is 0 Å².